The molecule has 1 fully saturated rings. The molecule has 0 radical (unpaired) electrons. The van der Waals surface area contributed by atoms with Crippen LogP contribution >= 0.6 is 93.0 Å². The van der Waals surface area contributed by atoms with Crippen LogP contribution in [-0.4, -0.2) is 24.9 Å². The molecule has 7 nitrogen and oxygen atoms in total. The molecule has 2 aliphatic carbocycles. The number of halogens is 5. The second-order valence-electron chi connectivity index (χ2n) is 7.71. The highest BCUT2D eigenvalue weighted by molar-refractivity contribution is 14.1. The lowest BCUT2D eigenvalue weighted by molar-refractivity contribution is -0.151. The highest BCUT2D eigenvalue weighted by atomic mass is 127. The number of allylic oxidation sites excluding steroid dienone is 2. The monoisotopic (exact) mass is 899 g/mol. The number of carbonyl (C=O) groups excluding carboxylic acids is 2. The van der Waals surface area contributed by atoms with Gasteiger partial charge in [-0.05, 0) is 120 Å². The summed E-state index contributed by atoms with van der Waals surface area (Å²) < 4.78 is 48.0. The SMILES string of the molecule is O=C(Oc1cc(I)c(S(=O)(=O)[O-])c(I)c1)C1C2C=CC(C2)C1C(=O)Oc1c(Br)cc(Br)cc1Br. The zero-order valence-corrected chi connectivity index (χ0v) is 26.5. The molecule has 0 spiro atoms. The van der Waals surface area contributed by atoms with Crippen LogP contribution in [0.3, 0.4) is 0 Å². The fraction of sp³-hybridized carbons (Fsp3) is 0.238. The van der Waals surface area contributed by atoms with Gasteiger partial charge in [0.15, 0.2) is 5.75 Å². The molecule has 4 rings (SSSR count). The molecule has 2 aromatic carbocycles. The smallest absolute Gasteiger partial charge is 0.315 e. The van der Waals surface area contributed by atoms with Crippen molar-refractivity contribution in [2.45, 2.75) is 11.3 Å². The Balaban J connectivity index is 1.58. The molecule has 180 valence electrons. The average Bonchev–Trinajstić information content (AvgIpc) is 3.30. The maximum atomic E-state index is 13.2. The summed E-state index contributed by atoms with van der Waals surface area (Å²) in [5.41, 5.74) is 0. The molecule has 2 bridgehead atoms. The summed E-state index contributed by atoms with van der Waals surface area (Å²) in [5.74, 6) is -2.56. The van der Waals surface area contributed by atoms with Crippen LogP contribution in [0.2, 0.25) is 0 Å². The van der Waals surface area contributed by atoms with E-state index in [2.05, 4.69) is 47.8 Å². The third-order valence-electron chi connectivity index (χ3n) is 5.61. The van der Waals surface area contributed by atoms with E-state index in [1.165, 1.54) is 12.1 Å². The number of hydrogen-bond acceptors (Lipinski definition) is 7. The van der Waals surface area contributed by atoms with E-state index in [0.29, 0.717) is 21.1 Å². The van der Waals surface area contributed by atoms with Crippen molar-refractivity contribution in [3.05, 3.63) is 57.0 Å². The summed E-state index contributed by atoms with van der Waals surface area (Å²) in [6.07, 6.45) is 4.46. The molecule has 0 amide bonds. The molecule has 4 unspecified atom stereocenters. The normalized spacial score (nSPS) is 23.2. The Labute approximate surface area is 247 Å². The van der Waals surface area contributed by atoms with Crippen LogP contribution in [0.5, 0.6) is 11.5 Å². The van der Waals surface area contributed by atoms with Crippen molar-refractivity contribution in [3.63, 3.8) is 0 Å². The topological polar surface area (TPSA) is 110 Å². The Morgan fingerprint density at radius 2 is 1.35 bits per heavy atom. The lowest BCUT2D eigenvalue weighted by atomic mass is 9.83. The van der Waals surface area contributed by atoms with Crippen LogP contribution in [0.15, 0.2) is 54.7 Å². The fourth-order valence-corrected chi connectivity index (χ4v) is 10.6. The summed E-state index contributed by atoms with van der Waals surface area (Å²) in [6.45, 7) is 0. The fourth-order valence-electron chi connectivity index (χ4n) is 4.28. The first kappa shape index (κ1) is 27.0. The van der Waals surface area contributed by atoms with Crippen molar-refractivity contribution in [1.29, 1.82) is 0 Å². The standard InChI is InChI=1S/C21H13Br3I2O7S/c22-10-4-12(23)18(13(24)5-10)33-21(28)17-9-2-1-8(3-9)16(17)20(27)32-11-6-14(25)19(15(26)7-11)34(29,30)31/h1-2,4-9,16-17H,3H2,(H,29,30,31)/p-1. The molecular formula is C21H12Br3I2O7S-. The van der Waals surface area contributed by atoms with E-state index >= 15 is 0 Å². The third-order valence-corrected chi connectivity index (χ3v) is 10.6. The Morgan fingerprint density at radius 3 is 1.82 bits per heavy atom. The minimum Gasteiger partial charge on any atom is -0.744 e. The van der Waals surface area contributed by atoms with Crippen molar-refractivity contribution in [2.24, 2.45) is 23.7 Å². The van der Waals surface area contributed by atoms with Crippen LogP contribution in [0.1, 0.15) is 6.42 Å². The second-order valence-corrected chi connectivity index (χ2v) is 14.0. The van der Waals surface area contributed by atoms with Gasteiger partial charge in [0.2, 0.25) is 0 Å². The van der Waals surface area contributed by atoms with E-state index in [9.17, 15) is 22.6 Å². The molecule has 0 aromatic heterocycles. The number of ether oxygens (including phenoxy) is 2. The summed E-state index contributed by atoms with van der Waals surface area (Å²) in [6, 6.07) is 6.12. The number of carbonyl (C=O) groups is 2. The van der Waals surface area contributed by atoms with E-state index < -0.39 is 33.9 Å². The minimum absolute atomic E-state index is 0.100. The molecule has 0 heterocycles. The van der Waals surface area contributed by atoms with Crippen LogP contribution in [0.25, 0.3) is 0 Å². The van der Waals surface area contributed by atoms with Gasteiger partial charge in [0.25, 0.3) is 0 Å². The van der Waals surface area contributed by atoms with E-state index in [1.807, 2.05) is 12.2 Å². The van der Waals surface area contributed by atoms with Crippen molar-refractivity contribution in [2.75, 3.05) is 0 Å². The number of esters is 2. The average molecular weight is 902 g/mol. The molecule has 34 heavy (non-hydrogen) atoms. The van der Waals surface area contributed by atoms with Crippen molar-refractivity contribution < 1.29 is 32.0 Å². The maximum absolute atomic E-state index is 13.2. The van der Waals surface area contributed by atoms with Gasteiger partial charge < -0.3 is 14.0 Å². The van der Waals surface area contributed by atoms with Gasteiger partial charge in [0.05, 0.1) is 25.7 Å². The summed E-state index contributed by atoms with van der Waals surface area (Å²) in [7, 11) is -4.68. The van der Waals surface area contributed by atoms with Gasteiger partial charge in [-0.25, -0.2) is 8.42 Å². The molecule has 2 aromatic rings. The predicted octanol–water partition coefficient (Wildman–Crippen LogP) is 6.04. The first-order valence-corrected chi connectivity index (χ1v) is 15.5. The molecular weight excluding hydrogens is 890 g/mol. The van der Waals surface area contributed by atoms with Gasteiger partial charge >= 0.3 is 11.9 Å². The molecule has 0 N–H and O–H groups in total. The van der Waals surface area contributed by atoms with Crippen molar-refractivity contribution >= 4 is 115 Å². The molecule has 4 atom stereocenters. The number of hydrogen-bond donors (Lipinski definition) is 0. The highest BCUT2D eigenvalue weighted by Gasteiger charge is 2.53. The first-order chi connectivity index (χ1) is 15.9. The lowest BCUT2D eigenvalue weighted by Crippen LogP contribution is -2.37. The van der Waals surface area contributed by atoms with Gasteiger partial charge in [-0.1, -0.05) is 28.1 Å². The van der Waals surface area contributed by atoms with Crippen molar-refractivity contribution in [1.82, 2.24) is 0 Å². The molecule has 2 aliphatic rings. The quantitative estimate of drug-likeness (QED) is 0.119. The number of benzene rings is 2. The Kier molecular flexibility index (Phi) is 8.22. The van der Waals surface area contributed by atoms with Crippen LogP contribution < -0.4 is 9.47 Å². The molecule has 13 heteroatoms. The van der Waals surface area contributed by atoms with E-state index in [4.69, 9.17) is 9.47 Å². The Hall–Kier alpha value is -0.0700. The van der Waals surface area contributed by atoms with Gasteiger partial charge in [-0.15, -0.1) is 0 Å². The lowest BCUT2D eigenvalue weighted by Gasteiger charge is -2.25. The predicted molar refractivity (Wildman–Crippen MR) is 148 cm³/mol. The first-order valence-electron chi connectivity index (χ1n) is 9.58. The largest absolute Gasteiger partial charge is 0.744 e. The van der Waals surface area contributed by atoms with Gasteiger partial charge in [0.1, 0.15) is 15.9 Å². The Morgan fingerprint density at radius 1 is 0.882 bits per heavy atom. The number of rotatable bonds is 5. The maximum Gasteiger partial charge on any atom is 0.315 e. The van der Waals surface area contributed by atoms with Crippen LogP contribution in [0.4, 0.5) is 0 Å². The summed E-state index contributed by atoms with van der Waals surface area (Å²) in [5, 5.41) is 0. The Bertz CT molecular complexity index is 1300. The number of fused-ring (bicyclic) bond motifs is 2. The van der Waals surface area contributed by atoms with Crippen molar-refractivity contribution in [3.8, 4) is 11.5 Å². The van der Waals surface area contributed by atoms with E-state index in [0.717, 1.165) is 4.47 Å². The third kappa shape index (κ3) is 5.44. The second kappa shape index (κ2) is 10.4. The van der Waals surface area contributed by atoms with Crippen LogP contribution in [0, 0.1) is 30.8 Å². The molecule has 0 aliphatic heterocycles. The van der Waals surface area contributed by atoms with Gasteiger partial charge in [0, 0.05) is 11.6 Å². The minimum atomic E-state index is -4.68. The molecule has 0 saturated heterocycles. The van der Waals surface area contributed by atoms with Gasteiger partial charge in [-0.3, -0.25) is 9.59 Å². The zero-order valence-electron chi connectivity index (χ0n) is 16.6. The molecule has 1 saturated carbocycles. The summed E-state index contributed by atoms with van der Waals surface area (Å²) in [4.78, 5) is 26.0. The highest BCUT2D eigenvalue weighted by Crippen LogP contribution is 2.50. The van der Waals surface area contributed by atoms with E-state index in [-0.39, 0.29) is 29.6 Å². The van der Waals surface area contributed by atoms with E-state index in [1.54, 1.807) is 57.3 Å². The summed E-state index contributed by atoms with van der Waals surface area (Å²) >= 11 is 13.6. The van der Waals surface area contributed by atoms with Gasteiger partial charge in [-0.2, -0.15) is 0 Å². The zero-order chi connectivity index (χ0) is 24.9. The van der Waals surface area contributed by atoms with Crippen LogP contribution in [-0.2, 0) is 19.7 Å².